The van der Waals surface area contributed by atoms with Crippen LogP contribution in [0.3, 0.4) is 0 Å². The van der Waals surface area contributed by atoms with Crippen molar-refractivity contribution < 1.29 is 4.74 Å². The molecule has 2 rings (SSSR count). The Morgan fingerprint density at radius 1 is 1.60 bits per heavy atom. The van der Waals surface area contributed by atoms with Gasteiger partial charge in [-0.25, -0.2) is 0 Å². The maximum atomic E-state index is 5.68. The Morgan fingerprint density at radius 2 is 2.47 bits per heavy atom. The van der Waals surface area contributed by atoms with Crippen LogP contribution < -0.4 is 5.32 Å². The second kappa shape index (κ2) is 4.37. The van der Waals surface area contributed by atoms with Crippen LogP contribution >= 0.6 is 0 Å². The van der Waals surface area contributed by atoms with E-state index in [2.05, 4.69) is 30.2 Å². The summed E-state index contributed by atoms with van der Waals surface area (Å²) in [7, 11) is 0. The zero-order chi connectivity index (χ0) is 10.7. The fourth-order valence-electron chi connectivity index (χ4n) is 2.14. The third kappa shape index (κ3) is 3.08. The number of rotatable bonds is 3. The first-order chi connectivity index (χ1) is 7.16. The molecule has 1 unspecified atom stereocenters. The lowest BCUT2D eigenvalue weighted by molar-refractivity contribution is -0.0630. The standard InChI is InChI=1S/C12H20N2O/c1-12(2)8-10(5-7-15-12)14-9-11-4-3-6-13-11/h3-4,6,10,13-14H,5,7-9H2,1-2H3. The number of aromatic nitrogens is 1. The van der Waals surface area contributed by atoms with Crippen molar-refractivity contribution in [3.63, 3.8) is 0 Å². The smallest absolute Gasteiger partial charge is 0.0641 e. The molecule has 0 radical (unpaired) electrons. The van der Waals surface area contributed by atoms with E-state index in [1.807, 2.05) is 12.3 Å². The Morgan fingerprint density at radius 3 is 3.13 bits per heavy atom. The lowest BCUT2D eigenvalue weighted by Crippen LogP contribution is -2.43. The normalized spacial score (nSPS) is 25.3. The number of hydrogen-bond acceptors (Lipinski definition) is 2. The molecule has 0 aromatic carbocycles. The van der Waals surface area contributed by atoms with Crippen LogP contribution in [0.15, 0.2) is 18.3 Å². The summed E-state index contributed by atoms with van der Waals surface area (Å²) >= 11 is 0. The molecule has 15 heavy (non-hydrogen) atoms. The third-order valence-electron chi connectivity index (χ3n) is 2.94. The maximum absolute atomic E-state index is 5.68. The highest BCUT2D eigenvalue weighted by molar-refractivity contribution is 5.03. The van der Waals surface area contributed by atoms with E-state index in [0.717, 1.165) is 26.0 Å². The summed E-state index contributed by atoms with van der Waals surface area (Å²) in [6.45, 7) is 6.12. The number of aromatic amines is 1. The summed E-state index contributed by atoms with van der Waals surface area (Å²) in [4.78, 5) is 3.20. The minimum absolute atomic E-state index is 0.0334. The van der Waals surface area contributed by atoms with E-state index in [0.29, 0.717) is 6.04 Å². The van der Waals surface area contributed by atoms with Crippen LogP contribution in [0, 0.1) is 0 Å². The van der Waals surface area contributed by atoms with E-state index in [1.54, 1.807) is 0 Å². The van der Waals surface area contributed by atoms with E-state index < -0.39 is 0 Å². The number of hydrogen-bond donors (Lipinski definition) is 2. The van der Waals surface area contributed by atoms with E-state index >= 15 is 0 Å². The Balaban J connectivity index is 1.80. The van der Waals surface area contributed by atoms with Crippen molar-refractivity contribution >= 4 is 0 Å². The summed E-state index contributed by atoms with van der Waals surface area (Å²) in [5.74, 6) is 0. The summed E-state index contributed by atoms with van der Waals surface area (Å²) in [6, 6.07) is 4.72. The molecule has 0 bridgehead atoms. The predicted molar refractivity (Wildman–Crippen MR) is 60.7 cm³/mol. The highest BCUT2D eigenvalue weighted by Crippen LogP contribution is 2.23. The van der Waals surface area contributed by atoms with E-state index in [4.69, 9.17) is 4.74 Å². The van der Waals surface area contributed by atoms with Gasteiger partial charge >= 0.3 is 0 Å². The first kappa shape index (κ1) is 10.7. The van der Waals surface area contributed by atoms with Crippen LogP contribution in [0.5, 0.6) is 0 Å². The molecule has 1 fully saturated rings. The SMILES string of the molecule is CC1(C)CC(NCc2ccc[nH]2)CCO1. The van der Waals surface area contributed by atoms with Gasteiger partial charge in [-0.15, -0.1) is 0 Å². The van der Waals surface area contributed by atoms with Crippen LogP contribution in [0.25, 0.3) is 0 Å². The van der Waals surface area contributed by atoms with Gasteiger partial charge in [-0.1, -0.05) is 0 Å². The van der Waals surface area contributed by atoms with Gasteiger partial charge in [-0.2, -0.15) is 0 Å². The van der Waals surface area contributed by atoms with Crippen molar-refractivity contribution in [1.82, 2.24) is 10.3 Å². The van der Waals surface area contributed by atoms with Gasteiger partial charge in [0.05, 0.1) is 5.60 Å². The molecule has 0 saturated carbocycles. The van der Waals surface area contributed by atoms with Gasteiger partial charge in [0.15, 0.2) is 0 Å². The fourth-order valence-corrected chi connectivity index (χ4v) is 2.14. The lowest BCUT2D eigenvalue weighted by atomic mass is 9.94. The second-order valence-corrected chi connectivity index (χ2v) is 4.87. The molecule has 2 heterocycles. The largest absolute Gasteiger partial charge is 0.375 e. The van der Waals surface area contributed by atoms with E-state index in [-0.39, 0.29) is 5.60 Å². The summed E-state index contributed by atoms with van der Waals surface area (Å²) in [6.07, 6.45) is 4.17. The predicted octanol–water partition coefficient (Wildman–Crippen LogP) is 2.06. The molecule has 1 aromatic rings. The van der Waals surface area contributed by atoms with Crippen molar-refractivity contribution in [3.8, 4) is 0 Å². The summed E-state index contributed by atoms with van der Waals surface area (Å²) in [5, 5.41) is 3.57. The molecule has 3 heteroatoms. The molecule has 1 aromatic heterocycles. The quantitative estimate of drug-likeness (QED) is 0.798. The molecule has 3 nitrogen and oxygen atoms in total. The average Bonchev–Trinajstić information content (AvgIpc) is 2.65. The molecule has 2 N–H and O–H groups in total. The Bertz CT molecular complexity index is 293. The topological polar surface area (TPSA) is 37.0 Å². The fraction of sp³-hybridized carbons (Fsp3) is 0.667. The van der Waals surface area contributed by atoms with Gasteiger partial charge in [-0.3, -0.25) is 0 Å². The minimum Gasteiger partial charge on any atom is -0.375 e. The van der Waals surface area contributed by atoms with Crippen molar-refractivity contribution in [2.45, 2.75) is 44.9 Å². The summed E-state index contributed by atoms with van der Waals surface area (Å²) in [5.41, 5.74) is 1.28. The molecule has 0 spiro atoms. The minimum atomic E-state index is 0.0334. The maximum Gasteiger partial charge on any atom is 0.0641 e. The monoisotopic (exact) mass is 208 g/mol. The van der Waals surface area contributed by atoms with E-state index in [9.17, 15) is 0 Å². The summed E-state index contributed by atoms with van der Waals surface area (Å²) < 4.78 is 5.68. The molecule has 1 atom stereocenters. The number of ether oxygens (including phenoxy) is 1. The Kier molecular flexibility index (Phi) is 3.12. The first-order valence-electron chi connectivity index (χ1n) is 5.65. The van der Waals surface area contributed by atoms with Crippen LogP contribution in [-0.4, -0.2) is 23.2 Å². The van der Waals surface area contributed by atoms with Crippen LogP contribution in [-0.2, 0) is 11.3 Å². The third-order valence-corrected chi connectivity index (χ3v) is 2.94. The average molecular weight is 208 g/mol. The van der Waals surface area contributed by atoms with Gasteiger partial charge in [0.25, 0.3) is 0 Å². The highest BCUT2D eigenvalue weighted by Gasteiger charge is 2.28. The second-order valence-electron chi connectivity index (χ2n) is 4.87. The van der Waals surface area contributed by atoms with Crippen LogP contribution in [0.4, 0.5) is 0 Å². The molecular weight excluding hydrogens is 188 g/mol. The van der Waals surface area contributed by atoms with Gasteiger partial charge in [0.1, 0.15) is 0 Å². The molecule has 0 amide bonds. The highest BCUT2D eigenvalue weighted by atomic mass is 16.5. The van der Waals surface area contributed by atoms with Crippen LogP contribution in [0.2, 0.25) is 0 Å². The lowest BCUT2D eigenvalue weighted by Gasteiger charge is -2.35. The number of H-pyrrole nitrogens is 1. The van der Waals surface area contributed by atoms with Crippen molar-refractivity contribution in [2.24, 2.45) is 0 Å². The molecule has 0 aliphatic carbocycles. The zero-order valence-electron chi connectivity index (χ0n) is 9.55. The van der Waals surface area contributed by atoms with Gasteiger partial charge in [-0.05, 0) is 38.8 Å². The van der Waals surface area contributed by atoms with Gasteiger partial charge in [0.2, 0.25) is 0 Å². The molecular formula is C12H20N2O. The van der Waals surface area contributed by atoms with E-state index in [1.165, 1.54) is 5.69 Å². The van der Waals surface area contributed by atoms with Crippen molar-refractivity contribution in [3.05, 3.63) is 24.0 Å². The van der Waals surface area contributed by atoms with Gasteiger partial charge in [0, 0.05) is 31.1 Å². The number of nitrogens with one attached hydrogen (secondary N) is 2. The van der Waals surface area contributed by atoms with Crippen molar-refractivity contribution in [1.29, 1.82) is 0 Å². The molecule has 1 aliphatic rings. The first-order valence-corrected chi connectivity index (χ1v) is 5.65. The van der Waals surface area contributed by atoms with Crippen LogP contribution in [0.1, 0.15) is 32.4 Å². The molecule has 84 valence electrons. The van der Waals surface area contributed by atoms with Gasteiger partial charge < -0.3 is 15.0 Å². The zero-order valence-corrected chi connectivity index (χ0v) is 9.55. The Labute approximate surface area is 91.2 Å². The molecule has 1 saturated heterocycles. The Hall–Kier alpha value is -0.800. The van der Waals surface area contributed by atoms with Crippen molar-refractivity contribution in [2.75, 3.05) is 6.61 Å². The molecule has 1 aliphatic heterocycles.